The standard InChI is InChI=1S/C13H9F9N2O2/c1-6(25)7-2-4-8(5-3-7)23-9(26)24-10(11(14,15)16,12(17,18)19)13(20,21)22/h2-5H,1H3,(H2,23,24,26). The quantitative estimate of drug-likeness (QED) is 0.587. The first-order valence-corrected chi connectivity index (χ1v) is 6.43. The van der Waals surface area contributed by atoms with E-state index in [0.29, 0.717) is 0 Å². The second kappa shape index (κ2) is 6.68. The Morgan fingerprint density at radius 1 is 0.769 bits per heavy atom. The fraction of sp³-hybridized carbons (Fsp3) is 0.385. The van der Waals surface area contributed by atoms with Gasteiger partial charge in [-0.3, -0.25) is 4.79 Å². The van der Waals surface area contributed by atoms with Crippen LogP contribution in [-0.2, 0) is 0 Å². The van der Waals surface area contributed by atoms with Crippen LogP contribution in [-0.4, -0.2) is 35.9 Å². The van der Waals surface area contributed by atoms with Crippen molar-refractivity contribution in [3.8, 4) is 0 Å². The molecule has 2 N–H and O–H groups in total. The van der Waals surface area contributed by atoms with E-state index in [-0.39, 0.29) is 10.9 Å². The normalized spacial score (nSPS) is 13.3. The number of carbonyl (C=O) groups excluding carboxylic acids is 2. The maximum atomic E-state index is 12.7. The highest BCUT2D eigenvalue weighted by molar-refractivity contribution is 5.95. The van der Waals surface area contributed by atoms with Crippen LogP contribution in [0.4, 0.5) is 50.0 Å². The minimum absolute atomic E-state index is 0.0557. The van der Waals surface area contributed by atoms with Crippen LogP contribution in [0, 0.1) is 0 Å². The number of halogens is 9. The molecule has 0 aliphatic heterocycles. The zero-order valence-corrected chi connectivity index (χ0v) is 12.5. The van der Waals surface area contributed by atoms with E-state index in [0.717, 1.165) is 31.2 Å². The molecule has 0 radical (unpaired) electrons. The molecule has 0 fully saturated rings. The summed E-state index contributed by atoms with van der Waals surface area (Å²) in [5.41, 5.74) is -6.81. The van der Waals surface area contributed by atoms with Gasteiger partial charge in [0.1, 0.15) is 0 Å². The molecule has 1 aromatic carbocycles. The fourth-order valence-corrected chi connectivity index (χ4v) is 1.82. The number of carbonyl (C=O) groups is 2. The van der Waals surface area contributed by atoms with Crippen molar-refractivity contribution in [2.75, 3.05) is 5.32 Å². The monoisotopic (exact) mass is 396 g/mol. The summed E-state index contributed by atoms with van der Waals surface area (Å²) in [6, 6.07) is 1.54. The molecule has 1 aromatic rings. The number of nitrogens with one attached hydrogen (secondary N) is 2. The molecule has 0 aliphatic carbocycles. The number of hydrogen-bond donors (Lipinski definition) is 2. The molecular weight excluding hydrogens is 387 g/mol. The van der Waals surface area contributed by atoms with Gasteiger partial charge < -0.3 is 10.6 Å². The van der Waals surface area contributed by atoms with Crippen LogP contribution in [0.2, 0.25) is 0 Å². The van der Waals surface area contributed by atoms with Gasteiger partial charge in [0.15, 0.2) is 5.78 Å². The number of amides is 2. The molecule has 4 nitrogen and oxygen atoms in total. The number of urea groups is 1. The van der Waals surface area contributed by atoms with Crippen LogP contribution >= 0.6 is 0 Å². The van der Waals surface area contributed by atoms with Gasteiger partial charge in [0, 0.05) is 11.3 Å². The van der Waals surface area contributed by atoms with E-state index in [1.54, 1.807) is 0 Å². The number of Topliss-reactive ketones (excluding diaryl/α,β-unsaturated/α-hetero) is 1. The lowest BCUT2D eigenvalue weighted by molar-refractivity contribution is -0.386. The highest BCUT2D eigenvalue weighted by Gasteiger charge is 2.84. The fourth-order valence-electron chi connectivity index (χ4n) is 1.82. The molecule has 0 saturated carbocycles. The average molecular weight is 396 g/mol. The highest BCUT2D eigenvalue weighted by atomic mass is 19.4. The molecule has 0 unspecified atom stereocenters. The molecule has 0 spiro atoms. The molecule has 1 rings (SSSR count). The van der Waals surface area contributed by atoms with Gasteiger partial charge in [-0.2, -0.15) is 39.5 Å². The third-order valence-electron chi connectivity index (χ3n) is 3.13. The predicted octanol–water partition coefficient (Wildman–Crippen LogP) is 4.44. The Labute approximate surface area is 139 Å². The summed E-state index contributed by atoms with van der Waals surface area (Å²) in [4.78, 5) is 22.4. The minimum atomic E-state index is -6.92. The lowest BCUT2D eigenvalue weighted by Crippen LogP contribution is -2.75. The summed E-state index contributed by atoms with van der Waals surface area (Å²) in [7, 11) is 0. The van der Waals surface area contributed by atoms with E-state index < -0.39 is 41.6 Å². The lowest BCUT2D eigenvalue weighted by Gasteiger charge is -2.38. The number of anilines is 1. The molecule has 0 bridgehead atoms. The first-order chi connectivity index (χ1) is 11.5. The molecule has 2 amide bonds. The molecule has 26 heavy (non-hydrogen) atoms. The zero-order valence-electron chi connectivity index (χ0n) is 12.5. The SMILES string of the molecule is CC(=O)c1ccc(NC(=O)NC(C(F)(F)F)(C(F)(F)F)C(F)(F)F)cc1. The van der Waals surface area contributed by atoms with Gasteiger partial charge in [-0.05, 0) is 31.2 Å². The number of ketones is 1. The third kappa shape index (κ3) is 4.02. The van der Waals surface area contributed by atoms with Gasteiger partial charge in [-0.25, -0.2) is 4.79 Å². The molecule has 0 aliphatic rings. The van der Waals surface area contributed by atoms with Crippen molar-refractivity contribution in [1.82, 2.24) is 5.32 Å². The van der Waals surface area contributed by atoms with E-state index >= 15 is 0 Å². The molecule has 13 heteroatoms. The number of rotatable bonds is 3. The van der Waals surface area contributed by atoms with Crippen LogP contribution < -0.4 is 10.6 Å². The summed E-state index contributed by atoms with van der Waals surface area (Å²) >= 11 is 0. The number of hydrogen-bond acceptors (Lipinski definition) is 2. The molecule has 0 atom stereocenters. The first kappa shape index (κ1) is 21.6. The van der Waals surface area contributed by atoms with Crippen LogP contribution in [0.5, 0.6) is 0 Å². The van der Waals surface area contributed by atoms with Gasteiger partial charge in [-0.15, -0.1) is 0 Å². The Hall–Kier alpha value is -2.47. The Bertz CT molecular complexity index is 639. The lowest BCUT2D eigenvalue weighted by atomic mass is 9.97. The largest absolute Gasteiger partial charge is 0.429 e. The van der Waals surface area contributed by atoms with Crippen LogP contribution in [0.3, 0.4) is 0 Å². The van der Waals surface area contributed by atoms with Crippen LogP contribution in [0.15, 0.2) is 24.3 Å². The van der Waals surface area contributed by atoms with E-state index in [4.69, 9.17) is 0 Å². The van der Waals surface area contributed by atoms with Crippen LogP contribution in [0.25, 0.3) is 0 Å². The first-order valence-electron chi connectivity index (χ1n) is 6.43. The van der Waals surface area contributed by atoms with Crippen molar-refractivity contribution in [1.29, 1.82) is 0 Å². The topological polar surface area (TPSA) is 58.2 Å². The smallest absolute Gasteiger partial charge is 0.308 e. The Morgan fingerprint density at radius 3 is 1.46 bits per heavy atom. The Morgan fingerprint density at radius 2 is 1.15 bits per heavy atom. The van der Waals surface area contributed by atoms with Gasteiger partial charge in [-0.1, -0.05) is 0 Å². The van der Waals surface area contributed by atoms with Gasteiger partial charge in [0.05, 0.1) is 0 Å². The number of alkyl halides is 9. The molecule has 146 valence electrons. The van der Waals surface area contributed by atoms with Gasteiger partial charge in [0.2, 0.25) is 0 Å². The molecule has 0 heterocycles. The van der Waals surface area contributed by atoms with Gasteiger partial charge in [0.25, 0.3) is 0 Å². The Kier molecular flexibility index (Phi) is 5.55. The van der Waals surface area contributed by atoms with E-state index in [1.807, 2.05) is 0 Å². The number of benzene rings is 1. The third-order valence-corrected chi connectivity index (χ3v) is 3.13. The Balaban J connectivity index is 3.19. The van der Waals surface area contributed by atoms with E-state index in [9.17, 15) is 49.1 Å². The minimum Gasteiger partial charge on any atom is -0.308 e. The second-order valence-corrected chi connectivity index (χ2v) is 4.96. The molecule has 0 aromatic heterocycles. The predicted molar refractivity (Wildman–Crippen MR) is 69.5 cm³/mol. The van der Waals surface area contributed by atoms with Crippen LogP contribution in [0.1, 0.15) is 17.3 Å². The molecular formula is C13H9F9N2O2. The highest BCUT2D eigenvalue weighted by Crippen LogP contribution is 2.52. The van der Waals surface area contributed by atoms with Crippen molar-refractivity contribution in [2.24, 2.45) is 0 Å². The summed E-state index contributed by atoms with van der Waals surface area (Å²) in [5, 5.41) is 1.36. The summed E-state index contributed by atoms with van der Waals surface area (Å²) in [6.07, 6.45) is -20.8. The maximum Gasteiger partial charge on any atom is 0.429 e. The summed E-state index contributed by atoms with van der Waals surface area (Å²) < 4.78 is 114. The average Bonchev–Trinajstić information content (AvgIpc) is 2.41. The van der Waals surface area contributed by atoms with Gasteiger partial charge >= 0.3 is 30.1 Å². The van der Waals surface area contributed by atoms with Crippen molar-refractivity contribution in [3.63, 3.8) is 0 Å². The van der Waals surface area contributed by atoms with Crippen molar-refractivity contribution < 1.29 is 49.1 Å². The van der Waals surface area contributed by atoms with E-state index in [2.05, 4.69) is 0 Å². The summed E-state index contributed by atoms with van der Waals surface area (Å²) in [6.45, 7) is 1.15. The van der Waals surface area contributed by atoms with Crippen molar-refractivity contribution in [3.05, 3.63) is 29.8 Å². The van der Waals surface area contributed by atoms with E-state index in [1.165, 1.54) is 5.32 Å². The zero-order chi connectivity index (χ0) is 20.6. The van der Waals surface area contributed by atoms with Crippen molar-refractivity contribution in [2.45, 2.75) is 31.0 Å². The van der Waals surface area contributed by atoms with Crippen molar-refractivity contribution >= 4 is 17.5 Å². The second-order valence-electron chi connectivity index (χ2n) is 4.96. The summed E-state index contributed by atoms with van der Waals surface area (Å²) in [5.74, 6) is -0.439. The maximum absolute atomic E-state index is 12.7. The molecule has 0 saturated heterocycles.